The summed E-state index contributed by atoms with van der Waals surface area (Å²) in [5.41, 5.74) is -0.118. The molecule has 0 aromatic heterocycles. The molecule has 2 atom stereocenters. The smallest absolute Gasteiger partial charge is 0.366 e. The highest BCUT2D eigenvalue weighted by atomic mass is 19.4. The van der Waals surface area contributed by atoms with Gasteiger partial charge >= 0.3 is 12.2 Å². The monoisotopic (exact) mass is 453 g/mol. The number of likely N-dealkylation sites (tertiary alicyclic amines) is 2. The van der Waals surface area contributed by atoms with Crippen molar-refractivity contribution < 1.29 is 32.3 Å². The molecular formula is C22H26F3N3O4. The van der Waals surface area contributed by atoms with Gasteiger partial charge in [-0.1, -0.05) is 6.07 Å². The van der Waals surface area contributed by atoms with E-state index >= 15 is 0 Å². The van der Waals surface area contributed by atoms with Crippen LogP contribution in [0.5, 0.6) is 0 Å². The second-order valence-electron chi connectivity index (χ2n) is 8.78. The average Bonchev–Trinajstić information content (AvgIpc) is 2.71. The van der Waals surface area contributed by atoms with Crippen LogP contribution in [0.25, 0.3) is 0 Å². The third-order valence-corrected chi connectivity index (χ3v) is 6.46. The molecule has 4 rings (SSSR count). The zero-order chi connectivity index (χ0) is 23.0. The number of benzene rings is 1. The molecule has 10 heteroatoms. The van der Waals surface area contributed by atoms with E-state index in [1.54, 1.807) is 9.80 Å². The molecule has 0 spiro atoms. The Labute approximate surface area is 183 Å². The second kappa shape index (κ2) is 8.73. The van der Waals surface area contributed by atoms with Crippen LogP contribution in [0.3, 0.4) is 0 Å². The number of nitrogens with zero attached hydrogens (tertiary/aromatic N) is 2. The molecule has 3 saturated heterocycles. The van der Waals surface area contributed by atoms with Crippen molar-refractivity contribution in [3.63, 3.8) is 0 Å². The lowest BCUT2D eigenvalue weighted by Gasteiger charge is -2.46. The van der Waals surface area contributed by atoms with E-state index in [1.807, 2.05) is 0 Å². The summed E-state index contributed by atoms with van der Waals surface area (Å²) in [5.74, 6) is -0.326. The van der Waals surface area contributed by atoms with Gasteiger partial charge in [-0.3, -0.25) is 9.59 Å². The van der Waals surface area contributed by atoms with Crippen LogP contribution in [0.2, 0.25) is 0 Å². The maximum Gasteiger partial charge on any atom is 0.416 e. The predicted octanol–water partition coefficient (Wildman–Crippen LogP) is 2.48. The van der Waals surface area contributed by atoms with Crippen molar-refractivity contribution >= 4 is 17.7 Å². The highest BCUT2D eigenvalue weighted by Crippen LogP contribution is 2.32. The lowest BCUT2D eigenvalue weighted by molar-refractivity contribution is -0.140. The lowest BCUT2D eigenvalue weighted by Crippen LogP contribution is -2.64. The van der Waals surface area contributed by atoms with Crippen molar-refractivity contribution in [2.24, 2.45) is 5.92 Å². The lowest BCUT2D eigenvalue weighted by atomic mass is 9.90. The number of fused-ring (bicyclic) bond motifs is 1. The van der Waals surface area contributed by atoms with E-state index in [-0.39, 0.29) is 42.2 Å². The van der Waals surface area contributed by atoms with Gasteiger partial charge in [-0.05, 0) is 49.8 Å². The van der Waals surface area contributed by atoms with Gasteiger partial charge in [-0.2, -0.15) is 13.2 Å². The van der Waals surface area contributed by atoms with Gasteiger partial charge in [0.1, 0.15) is 6.61 Å². The minimum absolute atomic E-state index is 0.0555. The molecule has 1 N–H and O–H groups in total. The van der Waals surface area contributed by atoms with Crippen molar-refractivity contribution in [1.29, 1.82) is 0 Å². The van der Waals surface area contributed by atoms with Gasteiger partial charge in [-0.15, -0.1) is 0 Å². The molecule has 0 radical (unpaired) electrons. The summed E-state index contributed by atoms with van der Waals surface area (Å²) in [4.78, 5) is 39.6. The standard InChI is InChI=1S/C22H26F3N3O4/c1-13(29)17-8-16(22(23,24)25)5-4-15(17)3-2-14-9-28(10-14)21(31)27-7-6-19-18(11-27)26-20(30)12-32-19/h4-5,8,14,18-19H,2-3,6-7,9-12H2,1H3,(H,26,30)/t18-,19+/m1/s1. The van der Waals surface area contributed by atoms with Crippen LogP contribution in [-0.4, -0.2) is 72.5 Å². The number of morpholine rings is 1. The fraction of sp³-hybridized carbons (Fsp3) is 0.591. The number of piperidine rings is 1. The van der Waals surface area contributed by atoms with E-state index in [0.717, 1.165) is 12.1 Å². The molecular weight excluding hydrogens is 427 g/mol. The van der Waals surface area contributed by atoms with Crippen LogP contribution in [0.1, 0.15) is 41.3 Å². The Hall–Kier alpha value is -2.62. The van der Waals surface area contributed by atoms with Crippen molar-refractivity contribution in [3.8, 4) is 0 Å². The van der Waals surface area contributed by atoms with Crippen molar-refractivity contribution in [2.45, 2.75) is 44.5 Å². The zero-order valence-electron chi connectivity index (χ0n) is 17.8. The molecule has 3 aliphatic rings. The molecule has 7 nitrogen and oxygen atoms in total. The number of Topliss-reactive ketones (excluding diaryl/α,β-unsaturated/α-hetero) is 1. The van der Waals surface area contributed by atoms with Gasteiger partial charge in [0, 0.05) is 31.7 Å². The number of rotatable bonds is 4. The van der Waals surface area contributed by atoms with Gasteiger partial charge in [0.15, 0.2) is 5.78 Å². The number of hydrogen-bond acceptors (Lipinski definition) is 4. The number of amides is 3. The first-order chi connectivity index (χ1) is 15.1. The number of aryl methyl sites for hydroxylation is 1. The normalized spacial score (nSPS) is 23.9. The summed E-state index contributed by atoms with van der Waals surface area (Å²) in [5, 5.41) is 2.88. The summed E-state index contributed by atoms with van der Waals surface area (Å²) < 4.78 is 44.3. The number of ether oxygens (including phenoxy) is 1. The Bertz CT molecular complexity index is 914. The summed E-state index contributed by atoms with van der Waals surface area (Å²) in [7, 11) is 0. The minimum Gasteiger partial charge on any atom is -0.366 e. The molecule has 174 valence electrons. The SMILES string of the molecule is CC(=O)c1cc(C(F)(F)F)ccc1CCC1CN(C(=O)N2CC[C@@H]3OCC(=O)N[C@@H]3C2)C1. The van der Waals surface area contributed by atoms with Crippen LogP contribution in [0.15, 0.2) is 18.2 Å². The first-order valence-electron chi connectivity index (χ1n) is 10.8. The van der Waals surface area contributed by atoms with Crippen molar-refractivity contribution in [1.82, 2.24) is 15.1 Å². The number of hydrogen-bond donors (Lipinski definition) is 1. The van der Waals surface area contributed by atoms with Gasteiger partial charge < -0.3 is 19.9 Å². The first-order valence-corrected chi connectivity index (χ1v) is 10.8. The Morgan fingerprint density at radius 1 is 1.19 bits per heavy atom. The topological polar surface area (TPSA) is 79.0 Å². The summed E-state index contributed by atoms with van der Waals surface area (Å²) in [6.45, 7) is 3.47. The summed E-state index contributed by atoms with van der Waals surface area (Å²) in [6, 6.07) is 3.06. The van der Waals surface area contributed by atoms with Gasteiger partial charge in [0.25, 0.3) is 0 Å². The number of halogens is 3. The van der Waals surface area contributed by atoms with Crippen LogP contribution in [0.4, 0.5) is 18.0 Å². The van der Waals surface area contributed by atoms with E-state index < -0.39 is 17.5 Å². The van der Waals surface area contributed by atoms with Gasteiger partial charge in [0.2, 0.25) is 5.91 Å². The molecule has 0 saturated carbocycles. The average molecular weight is 453 g/mol. The molecule has 3 aliphatic heterocycles. The molecule has 0 bridgehead atoms. The van der Waals surface area contributed by atoms with Crippen LogP contribution >= 0.6 is 0 Å². The van der Waals surface area contributed by atoms with E-state index in [2.05, 4.69) is 5.32 Å². The number of carbonyl (C=O) groups excluding carboxylic acids is 3. The van der Waals surface area contributed by atoms with Crippen LogP contribution in [-0.2, 0) is 22.1 Å². The van der Waals surface area contributed by atoms with Gasteiger partial charge in [-0.25, -0.2) is 4.79 Å². The third kappa shape index (κ3) is 4.74. The molecule has 0 aliphatic carbocycles. The van der Waals surface area contributed by atoms with E-state index in [9.17, 15) is 27.6 Å². The fourth-order valence-electron chi connectivity index (χ4n) is 4.64. The van der Waals surface area contributed by atoms with Crippen LogP contribution in [0, 0.1) is 5.92 Å². The van der Waals surface area contributed by atoms with Crippen molar-refractivity contribution in [2.75, 3.05) is 32.8 Å². The predicted molar refractivity (Wildman–Crippen MR) is 108 cm³/mol. The maximum absolute atomic E-state index is 12.9. The quantitative estimate of drug-likeness (QED) is 0.711. The first kappa shape index (κ1) is 22.6. The number of ketones is 1. The Balaban J connectivity index is 1.28. The summed E-state index contributed by atoms with van der Waals surface area (Å²) >= 11 is 0. The molecule has 0 unspecified atom stereocenters. The maximum atomic E-state index is 12.9. The highest BCUT2D eigenvalue weighted by molar-refractivity contribution is 5.95. The minimum atomic E-state index is -4.49. The molecule has 3 fully saturated rings. The van der Waals surface area contributed by atoms with Gasteiger partial charge in [0.05, 0.1) is 17.7 Å². The van der Waals surface area contributed by atoms with Crippen molar-refractivity contribution in [3.05, 3.63) is 34.9 Å². The largest absolute Gasteiger partial charge is 0.416 e. The Morgan fingerprint density at radius 2 is 1.94 bits per heavy atom. The Morgan fingerprint density at radius 3 is 2.62 bits per heavy atom. The third-order valence-electron chi connectivity index (χ3n) is 6.46. The molecule has 32 heavy (non-hydrogen) atoms. The molecule has 3 amide bonds. The van der Waals surface area contributed by atoms with E-state index in [1.165, 1.54) is 13.0 Å². The van der Waals surface area contributed by atoms with Crippen LogP contribution < -0.4 is 5.32 Å². The second-order valence-corrected chi connectivity index (χ2v) is 8.78. The fourth-order valence-corrected chi connectivity index (χ4v) is 4.64. The zero-order valence-corrected chi connectivity index (χ0v) is 17.8. The van der Waals surface area contributed by atoms with E-state index in [0.29, 0.717) is 51.0 Å². The number of urea groups is 1. The number of alkyl halides is 3. The molecule has 1 aromatic carbocycles. The Kier molecular flexibility index (Phi) is 6.15. The molecule has 3 heterocycles. The number of carbonyl (C=O) groups is 3. The highest BCUT2D eigenvalue weighted by Gasteiger charge is 2.40. The van der Waals surface area contributed by atoms with E-state index in [4.69, 9.17) is 4.74 Å². The summed E-state index contributed by atoms with van der Waals surface area (Å²) in [6.07, 6.45) is -2.70. The molecule has 1 aromatic rings. The number of nitrogens with one attached hydrogen (secondary N) is 1.